The number of hydrogen-bond acceptors (Lipinski definition) is 2. The van der Waals surface area contributed by atoms with E-state index in [9.17, 15) is 9.18 Å². The first-order valence-electron chi connectivity index (χ1n) is 7.01. The quantitative estimate of drug-likeness (QED) is 0.801. The van der Waals surface area contributed by atoms with Gasteiger partial charge in [0.05, 0.1) is 6.61 Å². The van der Waals surface area contributed by atoms with Crippen molar-refractivity contribution < 1.29 is 13.9 Å². The van der Waals surface area contributed by atoms with Crippen LogP contribution in [-0.4, -0.2) is 12.4 Å². The molecular formula is C18H19FO2. The van der Waals surface area contributed by atoms with Gasteiger partial charge >= 0.3 is 0 Å². The molecule has 0 radical (unpaired) electrons. The van der Waals surface area contributed by atoms with Gasteiger partial charge in [0.25, 0.3) is 0 Å². The normalized spacial score (nSPS) is 10.4. The first-order chi connectivity index (χ1) is 10.0. The molecule has 21 heavy (non-hydrogen) atoms. The fourth-order valence-corrected chi connectivity index (χ4v) is 2.05. The van der Waals surface area contributed by atoms with Crippen LogP contribution in [-0.2, 0) is 11.2 Å². The Morgan fingerprint density at radius 1 is 1.10 bits per heavy atom. The van der Waals surface area contributed by atoms with Crippen LogP contribution in [0.3, 0.4) is 0 Å². The number of hydrogen-bond donors (Lipinski definition) is 0. The molecule has 3 heteroatoms. The number of ketones is 1. The lowest BCUT2D eigenvalue weighted by Crippen LogP contribution is -2.09. The number of rotatable bonds is 6. The predicted molar refractivity (Wildman–Crippen MR) is 81.1 cm³/mol. The van der Waals surface area contributed by atoms with E-state index in [1.165, 1.54) is 17.7 Å². The van der Waals surface area contributed by atoms with Gasteiger partial charge in [-0.1, -0.05) is 23.8 Å². The second-order valence-electron chi connectivity index (χ2n) is 5.20. The maximum atomic E-state index is 13.2. The third-order valence-electron chi connectivity index (χ3n) is 3.37. The van der Waals surface area contributed by atoms with Crippen LogP contribution in [0.5, 0.6) is 5.75 Å². The molecule has 0 aliphatic rings. The molecule has 0 saturated heterocycles. The van der Waals surface area contributed by atoms with Gasteiger partial charge in [-0.3, -0.25) is 4.79 Å². The minimum atomic E-state index is -0.306. The minimum Gasteiger partial charge on any atom is -0.493 e. The maximum Gasteiger partial charge on any atom is 0.140 e. The molecule has 0 saturated carbocycles. The van der Waals surface area contributed by atoms with E-state index in [-0.39, 0.29) is 18.0 Å². The van der Waals surface area contributed by atoms with E-state index < -0.39 is 0 Å². The molecule has 0 fully saturated rings. The average molecular weight is 286 g/mol. The molecule has 0 amide bonds. The Labute approximate surface area is 124 Å². The van der Waals surface area contributed by atoms with E-state index in [0.717, 1.165) is 16.9 Å². The topological polar surface area (TPSA) is 26.3 Å². The Morgan fingerprint density at radius 2 is 1.81 bits per heavy atom. The highest BCUT2D eigenvalue weighted by molar-refractivity contribution is 5.81. The van der Waals surface area contributed by atoms with Gasteiger partial charge in [0.1, 0.15) is 17.3 Å². The first kappa shape index (κ1) is 15.2. The van der Waals surface area contributed by atoms with Crippen molar-refractivity contribution in [2.45, 2.75) is 26.7 Å². The number of benzene rings is 2. The van der Waals surface area contributed by atoms with Crippen molar-refractivity contribution in [1.82, 2.24) is 0 Å². The average Bonchev–Trinajstić information content (AvgIpc) is 2.45. The van der Waals surface area contributed by atoms with Gasteiger partial charge in [0.2, 0.25) is 0 Å². The minimum absolute atomic E-state index is 0.0517. The van der Waals surface area contributed by atoms with Gasteiger partial charge < -0.3 is 4.74 Å². The zero-order valence-electron chi connectivity index (χ0n) is 12.4. The lowest BCUT2D eigenvalue weighted by Gasteiger charge is -2.07. The summed E-state index contributed by atoms with van der Waals surface area (Å²) in [5, 5.41) is 0. The summed E-state index contributed by atoms with van der Waals surface area (Å²) in [6, 6.07) is 12.2. The fourth-order valence-electron chi connectivity index (χ4n) is 2.05. The Morgan fingerprint density at radius 3 is 2.52 bits per heavy atom. The SMILES string of the molecule is Cc1ccc(OCCC(=O)Cc2cc(F)ccc2C)cc1. The van der Waals surface area contributed by atoms with E-state index in [1.54, 1.807) is 6.07 Å². The van der Waals surface area contributed by atoms with E-state index in [2.05, 4.69) is 0 Å². The van der Waals surface area contributed by atoms with Crippen molar-refractivity contribution in [3.8, 4) is 5.75 Å². The zero-order valence-corrected chi connectivity index (χ0v) is 12.4. The van der Waals surface area contributed by atoms with Crippen molar-refractivity contribution in [3.63, 3.8) is 0 Å². The molecule has 0 spiro atoms. The Hall–Kier alpha value is -2.16. The third kappa shape index (κ3) is 4.71. The highest BCUT2D eigenvalue weighted by Crippen LogP contribution is 2.14. The lowest BCUT2D eigenvalue weighted by molar-refractivity contribution is -0.118. The monoisotopic (exact) mass is 286 g/mol. The second kappa shape index (κ2) is 7.02. The van der Waals surface area contributed by atoms with Crippen LogP contribution in [0.15, 0.2) is 42.5 Å². The van der Waals surface area contributed by atoms with Gasteiger partial charge in [-0.25, -0.2) is 4.39 Å². The number of carbonyl (C=O) groups is 1. The summed E-state index contributed by atoms with van der Waals surface area (Å²) in [6.45, 7) is 4.23. The van der Waals surface area contributed by atoms with Crippen molar-refractivity contribution in [1.29, 1.82) is 0 Å². The van der Waals surface area contributed by atoms with Gasteiger partial charge in [0.15, 0.2) is 0 Å². The molecule has 0 atom stereocenters. The third-order valence-corrected chi connectivity index (χ3v) is 3.37. The van der Waals surface area contributed by atoms with Crippen LogP contribution in [0.2, 0.25) is 0 Å². The largest absolute Gasteiger partial charge is 0.493 e. The zero-order chi connectivity index (χ0) is 15.2. The maximum absolute atomic E-state index is 13.2. The van der Waals surface area contributed by atoms with Crippen molar-refractivity contribution in [3.05, 3.63) is 65.0 Å². The van der Waals surface area contributed by atoms with Crippen molar-refractivity contribution >= 4 is 5.78 Å². The Balaban J connectivity index is 1.82. The molecule has 0 aromatic heterocycles. The number of carbonyl (C=O) groups excluding carboxylic acids is 1. The molecule has 2 nitrogen and oxygen atoms in total. The van der Waals surface area contributed by atoms with Crippen LogP contribution < -0.4 is 4.74 Å². The Kier molecular flexibility index (Phi) is 5.09. The molecule has 0 N–H and O–H groups in total. The summed E-state index contributed by atoms with van der Waals surface area (Å²) in [5.74, 6) is 0.505. The van der Waals surface area contributed by atoms with Crippen molar-refractivity contribution in [2.75, 3.05) is 6.61 Å². The highest BCUT2D eigenvalue weighted by atomic mass is 19.1. The van der Waals surface area contributed by atoms with Crippen LogP contribution in [0.4, 0.5) is 4.39 Å². The summed E-state index contributed by atoms with van der Waals surface area (Å²) in [7, 11) is 0. The summed E-state index contributed by atoms with van der Waals surface area (Å²) >= 11 is 0. The van der Waals surface area contributed by atoms with Gasteiger partial charge in [-0.05, 0) is 49.2 Å². The Bertz CT molecular complexity index is 618. The number of aryl methyl sites for hydroxylation is 2. The number of ether oxygens (including phenoxy) is 1. The second-order valence-corrected chi connectivity index (χ2v) is 5.20. The molecule has 2 rings (SSSR count). The summed E-state index contributed by atoms with van der Waals surface area (Å²) in [5.41, 5.74) is 2.85. The predicted octanol–water partition coefficient (Wildman–Crippen LogP) is 4.02. The summed E-state index contributed by atoms with van der Waals surface area (Å²) in [6.07, 6.45) is 0.574. The standard InChI is InChI=1S/C18H19FO2/c1-13-3-7-18(8-4-13)21-10-9-17(20)12-15-11-16(19)6-5-14(15)2/h3-8,11H,9-10,12H2,1-2H3. The molecule has 0 unspecified atom stereocenters. The van der Waals surface area contributed by atoms with Crippen LogP contribution in [0.1, 0.15) is 23.1 Å². The first-order valence-corrected chi connectivity index (χ1v) is 7.01. The fraction of sp³-hybridized carbons (Fsp3) is 0.278. The van der Waals surface area contributed by atoms with Gasteiger partial charge in [-0.15, -0.1) is 0 Å². The van der Waals surface area contributed by atoms with E-state index in [1.807, 2.05) is 38.1 Å². The molecule has 110 valence electrons. The van der Waals surface area contributed by atoms with Crippen LogP contribution in [0.25, 0.3) is 0 Å². The molecule has 0 aliphatic heterocycles. The number of Topliss-reactive ketones (excluding diaryl/α,β-unsaturated/α-hetero) is 1. The van der Waals surface area contributed by atoms with Crippen molar-refractivity contribution in [2.24, 2.45) is 0 Å². The lowest BCUT2D eigenvalue weighted by atomic mass is 10.0. The molecular weight excluding hydrogens is 267 g/mol. The molecule has 0 bridgehead atoms. The smallest absolute Gasteiger partial charge is 0.140 e. The van der Waals surface area contributed by atoms with Crippen LogP contribution in [0, 0.1) is 19.7 Å². The van der Waals surface area contributed by atoms with E-state index in [0.29, 0.717) is 13.0 Å². The summed E-state index contributed by atoms with van der Waals surface area (Å²) < 4.78 is 18.7. The highest BCUT2D eigenvalue weighted by Gasteiger charge is 2.08. The molecule has 0 heterocycles. The summed E-state index contributed by atoms with van der Waals surface area (Å²) in [4.78, 5) is 11.9. The molecule has 2 aromatic rings. The number of halogens is 1. The molecule has 2 aromatic carbocycles. The van der Waals surface area contributed by atoms with E-state index in [4.69, 9.17) is 4.74 Å². The van der Waals surface area contributed by atoms with Crippen LogP contribution >= 0.6 is 0 Å². The van der Waals surface area contributed by atoms with E-state index >= 15 is 0 Å². The van der Waals surface area contributed by atoms with Gasteiger partial charge in [-0.2, -0.15) is 0 Å². The van der Waals surface area contributed by atoms with Gasteiger partial charge in [0, 0.05) is 12.8 Å². The molecule has 0 aliphatic carbocycles.